The third-order valence-electron chi connectivity index (χ3n) is 5.31. The predicted octanol–water partition coefficient (Wildman–Crippen LogP) is -0.118. The molecule has 0 bridgehead atoms. The van der Waals surface area contributed by atoms with Gasteiger partial charge >= 0.3 is 0 Å². The van der Waals surface area contributed by atoms with Crippen LogP contribution in [0, 0.1) is 0 Å². The fourth-order valence-electron chi connectivity index (χ4n) is 3.69. The number of nitrogens with zero attached hydrogens (tertiary/aromatic N) is 4. The van der Waals surface area contributed by atoms with Crippen molar-refractivity contribution in [1.29, 1.82) is 0 Å². The Bertz CT molecular complexity index is 659. The van der Waals surface area contributed by atoms with Crippen LogP contribution < -0.4 is 5.32 Å². The van der Waals surface area contributed by atoms with E-state index < -0.39 is 10.0 Å². The van der Waals surface area contributed by atoms with Crippen molar-refractivity contribution in [3.05, 3.63) is 0 Å². The Morgan fingerprint density at radius 2 is 1.79 bits per heavy atom. The molecule has 3 aliphatic rings. The summed E-state index contributed by atoms with van der Waals surface area (Å²) in [5, 5.41) is 3.17. The number of nitrogens with one attached hydrogen (secondary N) is 1. The molecule has 0 radical (unpaired) electrons. The van der Waals surface area contributed by atoms with E-state index in [1.807, 2.05) is 4.90 Å². The van der Waals surface area contributed by atoms with Crippen molar-refractivity contribution in [3.63, 3.8) is 0 Å². The molecule has 0 spiro atoms. The Kier molecular flexibility index (Phi) is 10.3. The highest BCUT2D eigenvalue weighted by Gasteiger charge is 2.31. The second kappa shape index (κ2) is 11.9. The number of ether oxygens (including phenoxy) is 1. The molecule has 3 rings (SSSR count). The number of guanidine groups is 1. The summed E-state index contributed by atoms with van der Waals surface area (Å²) < 4.78 is 32.0. The van der Waals surface area contributed by atoms with E-state index in [0.29, 0.717) is 58.4 Å². The number of carbonyl (C=O) groups excluding carboxylic acids is 1. The van der Waals surface area contributed by atoms with Gasteiger partial charge < -0.3 is 19.9 Å². The second-order valence-electron chi connectivity index (χ2n) is 7.12. The van der Waals surface area contributed by atoms with Gasteiger partial charge in [0.25, 0.3) is 5.91 Å². The molecule has 12 heteroatoms. The van der Waals surface area contributed by atoms with E-state index in [1.165, 1.54) is 0 Å². The normalized spacial score (nSPS) is 24.3. The topological polar surface area (TPSA) is 94.5 Å². The number of aliphatic imine (C=N–C) groups is 1. The lowest BCUT2D eigenvalue weighted by Crippen LogP contribution is -2.55. The van der Waals surface area contributed by atoms with Crippen molar-refractivity contribution >= 4 is 57.6 Å². The van der Waals surface area contributed by atoms with Gasteiger partial charge in [0.05, 0.1) is 5.75 Å². The van der Waals surface area contributed by atoms with Crippen molar-refractivity contribution in [2.75, 3.05) is 76.7 Å². The van der Waals surface area contributed by atoms with Crippen molar-refractivity contribution in [2.45, 2.75) is 18.9 Å². The van der Waals surface area contributed by atoms with E-state index in [2.05, 4.69) is 15.2 Å². The predicted molar refractivity (Wildman–Crippen MR) is 127 cm³/mol. The van der Waals surface area contributed by atoms with Crippen LogP contribution in [0.5, 0.6) is 0 Å². The van der Waals surface area contributed by atoms with Gasteiger partial charge in [0.1, 0.15) is 6.10 Å². The quantitative estimate of drug-likeness (QED) is 0.284. The Balaban J connectivity index is 0.00000300. The maximum atomic E-state index is 12.4. The average Bonchev–Trinajstić information content (AvgIpc) is 3.26. The van der Waals surface area contributed by atoms with Gasteiger partial charge in [-0.2, -0.15) is 11.8 Å². The van der Waals surface area contributed by atoms with E-state index in [0.717, 1.165) is 24.3 Å². The van der Waals surface area contributed by atoms with E-state index in [9.17, 15) is 13.2 Å². The third kappa shape index (κ3) is 6.84. The Hall–Kier alpha value is -0.310. The maximum Gasteiger partial charge on any atom is 0.251 e. The van der Waals surface area contributed by atoms with Crippen molar-refractivity contribution < 1.29 is 17.9 Å². The van der Waals surface area contributed by atoms with Crippen LogP contribution in [0.1, 0.15) is 12.8 Å². The number of sulfonamides is 1. The molecule has 1 amide bonds. The number of halogens is 1. The molecule has 29 heavy (non-hydrogen) atoms. The molecule has 0 aromatic heterocycles. The van der Waals surface area contributed by atoms with Gasteiger partial charge in [0.15, 0.2) is 5.96 Å². The molecule has 3 saturated heterocycles. The first-order valence-corrected chi connectivity index (χ1v) is 12.7. The van der Waals surface area contributed by atoms with Crippen molar-refractivity contribution in [3.8, 4) is 0 Å². The third-order valence-corrected chi connectivity index (χ3v) is 8.13. The first-order valence-electron chi connectivity index (χ1n) is 9.93. The summed E-state index contributed by atoms with van der Waals surface area (Å²) in [5.74, 6) is 2.57. The summed E-state index contributed by atoms with van der Waals surface area (Å²) in [6, 6.07) is 0. The van der Waals surface area contributed by atoms with Gasteiger partial charge in [-0.05, 0) is 12.8 Å². The van der Waals surface area contributed by atoms with Crippen molar-refractivity contribution in [2.24, 2.45) is 4.99 Å². The van der Waals surface area contributed by atoms with Crippen LogP contribution in [0.15, 0.2) is 4.99 Å². The van der Waals surface area contributed by atoms with Gasteiger partial charge in [-0.25, -0.2) is 12.7 Å². The number of rotatable bonds is 5. The molecule has 1 atom stereocenters. The van der Waals surface area contributed by atoms with Crippen LogP contribution in [0.2, 0.25) is 0 Å². The monoisotopic (exact) mass is 561 g/mol. The Morgan fingerprint density at radius 1 is 1.14 bits per heavy atom. The number of hydrogen-bond acceptors (Lipinski definition) is 6. The second-order valence-corrected chi connectivity index (χ2v) is 10.4. The van der Waals surface area contributed by atoms with Crippen LogP contribution in [0.4, 0.5) is 0 Å². The molecule has 0 aliphatic carbocycles. The summed E-state index contributed by atoms with van der Waals surface area (Å²) in [7, 11) is -1.53. The highest BCUT2D eigenvalue weighted by molar-refractivity contribution is 14.0. The van der Waals surface area contributed by atoms with Crippen LogP contribution in [0.25, 0.3) is 0 Å². The lowest BCUT2D eigenvalue weighted by molar-refractivity contribution is -0.142. The summed E-state index contributed by atoms with van der Waals surface area (Å²) >= 11 is 1.79. The summed E-state index contributed by atoms with van der Waals surface area (Å²) in [6.07, 6.45) is 1.49. The van der Waals surface area contributed by atoms with Gasteiger partial charge in [0.2, 0.25) is 10.0 Å². The van der Waals surface area contributed by atoms with Crippen LogP contribution in [-0.4, -0.2) is 117 Å². The zero-order valence-electron chi connectivity index (χ0n) is 16.9. The molecule has 1 unspecified atom stereocenters. The van der Waals surface area contributed by atoms with Crippen LogP contribution in [0.3, 0.4) is 0 Å². The Morgan fingerprint density at radius 3 is 2.38 bits per heavy atom. The Labute approximate surface area is 195 Å². The number of carbonyl (C=O) groups is 1. The zero-order chi connectivity index (χ0) is 20.0. The van der Waals surface area contributed by atoms with Crippen molar-refractivity contribution in [1.82, 2.24) is 19.4 Å². The lowest BCUT2D eigenvalue weighted by Gasteiger charge is -2.37. The number of thioether (sulfide) groups is 1. The summed E-state index contributed by atoms with van der Waals surface area (Å²) in [5.41, 5.74) is 0. The van der Waals surface area contributed by atoms with Gasteiger partial charge in [-0.1, -0.05) is 0 Å². The summed E-state index contributed by atoms with van der Waals surface area (Å²) in [4.78, 5) is 20.7. The summed E-state index contributed by atoms with van der Waals surface area (Å²) in [6.45, 7) is 4.80. The molecule has 3 fully saturated rings. The minimum atomic E-state index is -3.23. The molecule has 168 valence electrons. The molecule has 0 saturated carbocycles. The molecule has 1 N–H and O–H groups in total. The first-order chi connectivity index (χ1) is 13.5. The smallest absolute Gasteiger partial charge is 0.251 e. The zero-order valence-corrected chi connectivity index (χ0v) is 20.9. The lowest BCUT2D eigenvalue weighted by atomic mass is 10.2. The number of piperazine rings is 1. The standard InChI is InChI=1S/C17H31N5O4S2.HI/c1-18-17(19-4-14-28(24,25)22-9-12-27-13-10-22)21-7-5-20(6-8-21)16(23)15-3-2-11-26-15;/h15H,2-14H2,1H3,(H,18,19);1H. The van der Waals surface area contributed by atoms with E-state index in [4.69, 9.17) is 4.74 Å². The first kappa shape index (κ1) is 25.0. The molecule has 3 heterocycles. The van der Waals surface area contributed by atoms with Crippen LogP contribution in [-0.2, 0) is 19.6 Å². The van der Waals surface area contributed by atoms with E-state index in [1.54, 1.807) is 23.1 Å². The van der Waals surface area contributed by atoms with E-state index in [-0.39, 0.29) is 41.7 Å². The average molecular weight is 562 g/mol. The van der Waals surface area contributed by atoms with Crippen LogP contribution >= 0.6 is 35.7 Å². The minimum Gasteiger partial charge on any atom is -0.368 e. The fraction of sp³-hybridized carbons (Fsp3) is 0.882. The highest BCUT2D eigenvalue weighted by atomic mass is 127. The minimum absolute atomic E-state index is 0. The molecule has 0 aromatic carbocycles. The molecule has 9 nitrogen and oxygen atoms in total. The molecule has 3 aliphatic heterocycles. The van der Waals surface area contributed by atoms with Gasteiger partial charge in [-0.3, -0.25) is 9.79 Å². The number of hydrogen-bond donors (Lipinski definition) is 1. The fourth-order valence-corrected chi connectivity index (χ4v) is 6.18. The molecule has 0 aromatic rings. The SMILES string of the molecule is CN=C(NCCS(=O)(=O)N1CCSCC1)N1CCN(C(=O)C2CCCO2)CC1.I. The van der Waals surface area contributed by atoms with E-state index >= 15 is 0 Å². The maximum absolute atomic E-state index is 12.4. The molecular formula is C17H32IN5O4S2. The molecular weight excluding hydrogens is 529 g/mol. The van der Waals surface area contributed by atoms with Gasteiger partial charge in [-0.15, -0.1) is 24.0 Å². The van der Waals surface area contributed by atoms with Gasteiger partial charge in [0, 0.05) is 71.0 Å². The highest BCUT2D eigenvalue weighted by Crippen LogP contribution is 2.16. The number of amides is 1. The largest absolute Gasteiger partial charge is 0.368 e.